The van der Waals surface area contributed by atoms with E-state index in [4.69, 9.17) is 4.74 Å². The highest BCUT2D eigenvalue weighted by Gasteiger charge is 2.39. The summed E-state index contributed by atoms with van der Waals surface area (Å²) in [6.45, 7) is 4.65. The van der Waals surface area contributed by atoms with E-state index in [1.807, 2.05) is 4.90 Å². The normalized spacial score (nSPS) is 33.2. The van der Waals surface area contributed by atoms with E-state index in [1.165, 1.54) is 32.1 Å². The van der Waals surface area contributed by atoms with Gasteiger partial charge in [-0.15, -0.1) is 0 Å². The molecule has 4 aliphatic rings. The van der Waals surface area contributed by atoms with E-state index in [-0.39, 0.29) is 17.7 Å². The van der Waals surface area contributed by atoms with Crippen LogP contribution >= 0.6 is 0 Å². The number of nitrogens with one attached hydrogen (secondary N) is 1. The van der Waals surface area contributed by atoms with Crippen molar-refractivity contribution in [2.45, 2.75) is 69.1 Å². The summed E-state index contributed by atoms with van der Waals surface area (Å²) in [5.41, 5.74) is 0.0587. The predicted molar refractivity (Wildman–Crippen MR) is 94.0 cm³/mol. The molecule has 0 radical (unpaired) electrons. The SMILES string of the molecule is O=C(NC1CCOC2(CCCCC2)C1)N1CCC(N2CC=CC2)C1. The Kier molecular flexibility index (Phi) is 4.81. The van der Waals surface area contributed by atoms with E-state index in [9.17, 15) is 4.79 Å². The molecule has 5 heteroatoms. The molecule has 1 spiro atoms. The van der Waals surface area contributed by atoms with Crippen LogP contribution in [0.15, 0.2) is 12.2 Å². The van der Waals surface area contributed by atoms with Crippen LogP contribution in [-0.2, 0) is 4.74 Å². The van der Waals surface area contributed by atoms with Crippen molar-refractivity contribution in [1.29, 1.82) is 0 Å². The van der Waals surface area contributed by atoms with Gasteiger partial charge in [-0.25, -0.2) is 4.79 Å². The van der Waals surface area contributed by atoms with Crippen LogP contribution in [0.2, 0.25) is 0 Å². The van der Waals surface area contributed by atoms with Crippen molar-refractivity contribution in [3.63, 3.8) is 0 Å². The molecule has 3 aliphatic heterocycles. The average Bonchev–Trinajstić information content (AvgIpc) is 3.27. The Balaban J connectivity index is 1.28. The average molecular weight is 333 g/mol. The maximum absolute atomic E-state index is 12.7. The first-order chi connectivity index (χ1) is 11.7. The molecule has 4 rings (SSSR count). The van der Waals surface area contributed by atoms with E-state index in [0.29, 0.717) is 6.04 Å². The Bertz CT molecular complexity index is 473. The van der Waals surface area contributed by atoms with Gasteiger partial charge in [0.2, 0.25) is 0 Å². The first-order valence-corrected chi connectivity index (χ1v) is 9.83. The van der Waals surface area contributed by atoms with Crippen LogP contribution < -0.4 is 5.32 Å². The van der Waals surface area contributed by atoms with Crippen molar-refractivity contribution in [3.05, 3.63) is 12.2 Å². The fraction of sp³-hybridized carbons (Fsp3) is 0.842. The highest BCUT2D eigenvalue weighted by molar-refractivity contribution is 5.75. The zero-order valence-electron chi connectivity index (χ0n) is 14.7. The monoisotopic (exact) mass is 333 g/mol. The number of urea groups is 1. The van der Waals surface area contributed by atoms with Crippen LogP contribution in [-0.4, -0.2) is 66.3 Å². The minimum absolute atomic E-state index is 0.0587. The number of carbonyl (C=O) groups excluding carboxylic acids is 1. The summed E-state index contributed by atoms with van der Waals surface area (Å²) in [6, 6.07) is 0.962. The quantitative estimate of drug-likeness (QED) is 0.790. The summed E-state index contributed by atoms with van der Waals surface area (Å²) in [7, 11) is 0. The second-order valence-electron chi connectivity index (χ2n) is 8.05. The molecule has 0 aromatic rings. The largest absolute Gasteiger partial charge is 0.375 e. The zero-order chi connectivity index (χ0) is 16.4. The van der Waals surface area contributed by atoms with Crippen molar-refractivity contribution in [2.24, 2.45) is 0 Å². The topological polar surface area (TPSA) is 44.8 Å². The standard InChI is InChI=1S/C19H31N3O2/c23-18(22-12-6-17(15-22)21-10-4-5-11-21)20-16-7-13-24-19(14-16)8-2-1-3-9-19/h4-5,16-17H,1-3,6-15H2,(H,20,23). The van der Waals surface area contributed by atoms with Crippen molar-refractivity contribution in [3.8, 4) is 0 Å². The third kappa shape index (κ3) is 3.47. The lowest BCUT2D eigenvalue weighted by Gasteiger charge is -2.43. The Morgan fingerprint density at radius 3 is 2.71 bits per heavy atom. The summed E-state index contributed by atoms with van der Waals surface area (Å²) < 4.78 is 6.15. The number of carbonyl (C=O) groups is 1. The Hall–Kier alpha value is -1.07. The molecule has 2 unspecified atom stereocenters. The second-order valence-corrected chi connectivity index (χ2v) is 8.05. The molecule has 1 aliphatic carbocycles. The third-order valence-corrected chi connectivity index (χ3v) is 6.40. The molecule has 5 nitrogen and oxygen atoms in total. The van der Waals surface area contributed by atoms with Crippen LogP contribution in [0, 0.1) is 0 Å². The lowest BCUT2D eigenvalue weighted by Crippen LogP contribution is -2.52. The van der Waals surface area contributed by atoms with Gasteiger partial charge in [0.25, 0.3) is 0 Å². The summed E-state index contributed by atoms with van der Waals surface area (Å²) in [5, 5.41) is 3.32. The summed E-state index contributed by atoms with van der Waals surface area (Å²) >= 11 is 0. The highest BCUT2D eigenvalue weighted by atomic mass is 16.5. The summed E-state index contributed by atoms with van der Waals surface area (Å²) in [5.74, 6) is 0. The van der Waals surface area contributed by atoms with E-state index in [1.54, 1.807) is 0 Å². The number of hydrogen-bond acceptors (Lipinski definition) is 3. The smallest absolute Gasteiger partial charge is 0.317 e. The molecular weight excluding hydrogens is 302 g/mol. The maximum atomic E-state index is 12.7. The van der Waals surface area contributed by atoms with Crippen LogP contribution in [0.4, 0.5) is 4.79 Å². The number of amides is 2. The highest BCUT2D eigenvalue weighted by Crippen LogP contribution is 2.38. The van der Waals surface area contributed by atoms with Crippen LogP contribution in [0.5, 0.6) is 0 Å². The van der Waals surface area contributed by atoms with Gasteiger partial charge in [0.15, 0.2) is 0 Å². The molecule has 2 atom stereocenters. The predicted octanol–water partition coefficient (Wildman–Crippen LogP) is 2.52. The molecule has 3 fully saturated rings. The molecular formula is C19H31N3O2. The van der Waals surface area contributed by atoms with Gasteiger partial charge in [0, 0.05) is 44.9 Å². The van der Waals surface area contributed by atoms with Gasteiger partial charge in [-0.2, -0.15) is 0 Å². The van der Waals surface area contributed by atoms with Crippen molar-refractivity contribution < 1.29 is 9.53 Å². The van der Waals surface area contributed by atoms with Gasteiger partial charge in [0.05, 0.1) is 5.60 Å². The number of hydrogen-bond donors (Lipinski definition) is 1. The Morgan fingerprint density at radius 2 is 1.92 bits per heavy atom. The number of likely N-dealkylation sites (tertiary alicyclic amines) is 1. The van der Waals surface area contributed by atoms with Crippen LogP contribution in [0.25, 0.3) is 0 Å². The van der Waals surface area contributed by atoms with Gasteiger partial charge in [-0.3, -0.25) is 4.90 Å². The minimum Gasteiger partial charge on any atom is -0.375 e. The fourth-order valence-corrected chi connectivity index (χ4v) is 4.98. The van der Waals surface area contributed by atoms with Crippen molar-refractivity contribution in [2.75, 3.05) is 32.8 Å². The Labute approximate surface area is 145 Å². The van der Waals surface area contributed by atoms with E-state index >= 15 is 0 Å². The van der Waals surface area contributed by atoms with Gasteiger partial charge < -0.3 is 15.0 Å². The van der Waals surface area contributed by atoms with Crippen LogP contribution in [0.1, 0.15) is 51.4 Å². The van der Waals surface area contributed by atoms with E-state index in [0.717, 1.165) is 52.0 Å². The van der Waals surface area contributed by atoms with Gasteiger partial charge in [-0.05, 0) is 32.1 Å². The molecule has 1 N–H and O–H groups in total. The maximum Gasteiger partial charge on any atom is 0.317 e. The summed E-state index contributed by atoms with van der Waals surface area (Å²) in [4.78, 5) is 17.2. The molecule has 2 saturated heterocycles. The van der Waals surface area contributed by atoms with Crippen molar-refractivity contribution >= 4 is 6.03 Å². The molecule has 1 saturated carbocycles. The fourth-order valence-electron chi connectivity index (χ4n) is 4.98. The van der Waals surface area contributed by atoms with Gasteiger partial charge in [0.1, 0.15) is 0 Å². The lowest BCUT2D eigenvalue weighted by molar-refractivity contribution is -0.108. The Morgan fingerprint density at radius 1 is 1.12 bits per heavy atom. The number of ether oxygens (including phenoxy) is 1. The third-order valence-electron chi connectivity index (χ3n) is 6.40. The molecule has 0 bridgehead atoms. The second kappa shape index (κ2) is 7.04. The first-order valence-electron chi connectivity index (χ1n) is 9.83. The molecule has 134 valence electrons. The first kappa shape index (κ1) is 16.4. The van der Waals surface area contributed by atoms with Gasteiger partial charge >= 0.3 is 6.03 Å². The molecule has 2 amide bonds. The molecule has 24 heavy (non-hydrogen) atoms. The van der Waals surface area contributed by atoms with Crippen LogP contribution in [0.3, 0.4) is 0 Å². The zero-order valence-corrected chi connectivity index (χ0v) is 14.7. The molecule has 3 heterocycles. The van der Waals surface area contributed by atoms with E-state index in [2.05, 4.69) is 22.4 Å². The van der Waals surface area contributed by atoms with Crippen molar-refractivity contribution in [1.82, 2.24) is 15.1 Å². The van der Waals surface area contributed by atoms with E-state index < -0.39 is 0 Å². The molecule has 0 aromatic carbocycles. The van der Waals surface area contributed by atoms with Gasteiger partial charge in [-0.1, -0.05) is 31.4 Å². The number of rotatable bonds is 2. The number of nitrogens with zero attached hydrogens (tertiary/aromatic N) is 2. The summed E-state index contributed by atoms with van der Waals surface area (Å²) in [6.07, 6.45) is 13.8. The lowest BCUT2D eigenvalue weighted by atomic mass is 9.78. The molecule has 0 aromatic heterocycles. The minimum atomic E-state index is 0.0587.